The zero-order chi connectivity index (χ0) is 15.0. The Bertz CT molecular complexity index is 485. The third-order valence-corrected chi connectivity index (χ3v) is 4.73. The van der Waals surface area contributed by atoms with Crippen molar-refractivity contribution in [2.24, 2.45) is 5.92 Å². The lowest BCUT2D eigenvalue weighted by Gasteiger charge is -2.15. The maximum atomic E-state index is 12.8. The van der Waals surface area contributed by atoms with Crippen LogP contribution in [0.3, 0.4) is 0 Å². The van der Waals surface area contributed by atoms with Crippen LogP contribution < -0.4 is 4.72 Å². The summed E-state index contributed by atoms with van der Waals surface area (Å²) in [5.74, 6) is -0.0695. The molecule has 1 atom stereocenters. The smallest absolute Gasteiger partial charge is 0.215 e. The number of hydrogen-bond acceptors (Lipinski definition) is 2. The van der Waals surface area contributed by atoms with Gasteiger partial charge in [-0.05, 0) is 30.0 Å². The molecule has 0 aliphatic heterocycles. The van der Waals surface area contributed by atoms with Crippen LogP contribution in [0.25, 0.3) is 0 Å². The maximum absolute atomic E-state index is 12.8. The number of rotatable bonds is 9. The van der Waals surface area contributed by atoms with Gasteiger partial charge in [-0.25, -0.2) is 17.5 Å². The topological polar surface area (TPSA) is 46.2 Å². The molecule has 0 radical (unpaired) electrons. The van der Waals surface area contributed by atoms with Crippen LogP contribution in [-0.4, -0.2) is 15.0 Å². The quantitative estimate of drug-likeness (QED) is 0.759. The van der Waals surface area contributed by atoms with Crippen molar-refractivity contribution in [2.45, 2.75) is 45.3 Å². The fraction of sp³-hybridized carbons (Fsp3) is 0.600. The van der Waals surface area contributed by atoms with E-state index in [9.17, 15) is 12.8 Å². The van der Waals surface area contributed by atoms with Crippen LogP contribution in [0, 0.1) is 11.7 Å². The molecule has 0 saturated carbocycles. The molecule has 114 valence electrons. The third-order valence-electron chi connectivity index (χ3n) is 3.41. The van der Waals surface area contributed by atoms with E-state index in [2.05, 4.69) is 18.6 Å². The highest BCUT2D eigenvalue weighted by Gasteiger charge is 2.14. The first-order valence-corrected chi connectivity index (χ1v) is 8.83. The van der Waals surface area contributed by atoms with Crippen molar-refractivity contribution in [3.8, 4) is 0 Å². The Hall–Kier alpha value is -0.940. The Morgan fingerprint density at radius 2 is 1.85 bits per heavy atom. The predicted molar refractivity (Wildman–Crippen MR) is 80.3 cm³/mol. The number of sulfonamides is 1. The average molecular weight is 301 g/mol. The monoisotopic (exact) mass is 301 g/mol. The second-order valence-electron chi connectivity index (χ2n) is 5.15. The Morgan fingerprint density at radius 1 is 1.20 bits per heavy atom. The van der Waals surface area contributed by atoms with Crippen LogP contribution in [-0.2, 0) is 15.8 Å². The summed E-state index contributed by atoms with van der Waals surface area (Å²) in [5.41, 5.74) is 0.598. The van der Waals surface area contributed by atoms with Gasteiger partial charge < -0.3 is 0 Å². The summed E-state index contributed by atoms with van der Waals surface area (Å²) >= 11 is 0. The summed E-state index contributed by atoms with van der Waals surface area (Å²) in [6.45, 7) is 4.69. The van der Waals surface area contributed by atoms with E-state index in [-0.39, 0.29) is 11.6 Å². The first-order chi connectivity index (χ1) is 9.46. The molecule has 0 saturated heterocycles. The van der Waals surface area contributed by atoms with E-state index in [0.717, 1.165) is 25.7 Å². The number of hydrogen-bond donors (Lipinski definition) is 1. The molecular weight excluding hydrogens is 277 g/mol. The number of nitrogens with one attached hydrogen (secondary N) is 1. The minimum absolute atomic E-state index is 0.0997. The van der Waals surface area contributed by atoms with Gasteiger partial charge in [0.2, 0.25) is 10.0 Å². The molecule has 0 spiro atoms. The molecule has 5 heteroatoms. The summed E-state index contributed by atoms with van der Waals surface area (Å²) in [7, 11) is -3.35. The number of halogens is 1. The van der Waals surface area contributed by atoms with Crippen molar-refractivity contribution in [1.29, 1.82) is 0 Å². The van der Waals surface area contributed by atoms with E-state index in [1.54, 1.807) is 0 Å². The molecule has 0 aliphatic carbocycles. The molecule has 0 heterocycles. The Morgan fingerprint density at radius 3 is 2.40 bits per heavy atom. The van der Waals surface area contributed by atoms with Crippen molar-refractivity contribution >= 4 is 10.0 Å². The van der Waals surface area contributed by atoms with Gasteiger partial charge in [0.15, 0.2) is 0 Å². The SMILES string of the molecule is CCCCC(CC)CNS(=O)(=O)Cc1ccc(F)cc1. The van der Waals surface area contributed by atoms with Crippen LogP contribution in [0.1, 0.15) is 45.1 Å². The Balaban J connectivity index is 2.50. The minimum atomic E-state index is -3.35. The molecule has 20 heavy (non-hydrogen) atoms. The van der Waals surface area contributed by atoms with Gasteiger partial charge in [-0.1, -0.05) is 45.2 Å². The molecule has 1 aromatic rings. The van der Waals surface area contributed by atoms with Crippen molar-refractivity contribution in [3.05, 3.63) is 35.6 Å². The molecular formula is C15H24FNO2S. The standard InChI is InChI=1S/C15H24FNO2S/c1-3-5-6-13(4-2)11-17-20(18,19)12-14-7-9-15(16)10-8-14/h7-10,13,17H,3-6,11-12H2,1-2H3. The molecule has 0 bridgehead atoms. The van der Waals surface area contributed by atoms with Gasteiger partial charge in [0.05, 0.1) is 5.75 Å². The molecule has 0 aromatic heterocycles. The Labute approximate surface area is 121 Å². The molecule has 0 fully saturated rings. The maximum Gasteiger partial charge on any atom is 0.215 e. The Kier molecular flexibility index (Phi) is 7.16. The van der Waals surface area contributed by atoms with Crippen LogP contribution in [0.5, 0.6) is 0 Å². The van der Waals surface area contributed by atoms with Crippen molar-refractivity contribution < 1.29 is 12.8 Å². The largest absolute Gasteiger partial charge is 0.215 e. The van der Waals surface area contributed by atoms with E-state index >= 15 is 0 Å². The summed E-state index contributed by atoms with van der Waals surface area (Å²) in [6.07, 6.45) is 4.27. The van der Waals surface area contributed by atoms with Crippen LogP contribution >= 0.6 is 0 Å². The fourth-order valence-electron chi connectivity index (χ4n) is 2.04. The highest BCUT2D eigenvalue weighted by atomic mass is 32.2. The first-order valence-electron chi connectivity index (χ1n) is 7.18. The van der Waals surface area contributed by atoms with Gasteiger partial charge in [0.25, 0.3) is 0 Å². The lowest BCUT2D eigenvalue weighted by Crippen LogP contribution is -2.30. The number of unbranched alkanes of at least 4 members (excludes halogenated alkanes) is 1. The van der Waals surface area contributed by atoms with Gasteiger partial charge in [0.1, 0.15) is 5.82 Å². The second-order valence-corrected chi connectivity index (χ2v) is 6.96. The van der Waals surface area contributed by atoms with Gasteiger partial charge >= 0.3 is 0 Å². The van der Waals surface area contributed by atoms with E-state index in [1.165, 1.54) is 24.3 Å². The third kappa shape index (κ3) is 6.48. The van der Waals surface area contributed by atoms with E-state index < -0.39 is 10.0 Å². The molecule has 1 N–H and O–H groups in total. The number of benzene rings is 1. The normalized spacial score (nSPS) is 13.3. The highest BCUT2D eigenvalue weighted by Crippen LogP contribution is 2.12. The molecule has 1 unspecified atom stereocenters. The summed E-state index contributed by atoms with van der Waals surface area (Å²) in [6, 6.07) is 5.56. The van der Waals surface area contributed by atoms with Gasteiger partial charge in [-0.15, -0.1) is 0 Å². The zero-order valence-corrected chi connectivity index (χ0v) is 13.0. The van der Waals surface area contributed by atoms with Gasteiger partial charge in [-0.3, -0.25) is 0 Å². The summed E-state index contributed by atoms with van der Waals surface area (Å²) in [4.78, 5) is 0. The second kappa shape index (κ2) is 8.37. The van der Waals surface area contributed by atoms with Crippen LogP contribution in [0.2, 0.25) is 0 Å². The average Bonchev–Trinajstić information content (AvgIpc) is 2.41. The molecule has 1 rings (SSSR count). The fourth-order valence-corrected chi connectivity index (χ4v) is 3.26. The molecule has 0 aliphatic rings. The van der Waals surface area contributed by atoms with Gasteiger partial charge in [-0.2, -0.15) is 0 Å². The van der Waals surface area contributed by atoms with Crippen molar-refractivity contribution in [2.75, 3.05) is 6.54 Å². The van der Waals surface area contributed by atoms with Crippen molar-refractivity contribution in [3.63, 3.8) is 0 Å². The summed E-state index contributed by atoms with van der Waals surface area (Å²) < 4.78 is 39.4. The molecule has 1 aromatic carbocycles. The van der Waals surface area contributed by atoms with E-state index in [1.807, 2.05) is 0 Å². The zero-order valence-electron chi connectivity index (χ0n) is 12.2. The van der Waals surface area contributed by atoms with Crippen LogP contribution in [0.4, 0.5) is 4.39 Å². The van der Waals surface area contributed by atoms with Crippen LogP contribution in [0.15, 0.2) is 24.3 Å². The van der Waals surface area contributed by atoms with E-state index in [4.69, 9.17) is 0 Å². The first kappa shape index (κ1) is 17.1. The lowest BCUT2D eigenvalue weighted by atomic mass is 10.00. The highest BCUT2D eigenvalue weighted by molar-refractivity contribution is 7.88. The lowest BCUT2D eigenvalue weighted by molar-refractivity contribution is 0.443. The van der Waals surface area contributed by atoms with Crippen molar-refractivity contribution in [1.82, 2.24) is 4.72 Å². The minimum Gasteiger partial charge on any atom is -0.215 e. The predicted octanol–water partition coefficient (Wildman–Crippen LogP) is 3.46. The molecule has 0 amide bonds. The van der Waals surface area contributed by atoms with E-state index in [0.29, 0.717) is 18.0 Å². The summed E-state index contributed by atoms with van der Waals surface area (Å²) in [5, 5.41) is 0. The van der Waals surface area contributed by atoms with Gasteiger partial charge in [0, 0.05) is 6.54 Å². The molecule has 3 nitrogen and oxygen atoms in total.